The van der Waals surface area contributed by atoms with Crippen molar-refractivity contribution in [2.75, 3.05) is 6.61 Å². The fourth-order valence-corrected chi connectivity index (χ4v) is 7.72. The smallest absolute Gasteiger partial charge is 0.306 e. The van der Waals surface area contributed by atoms with E-state index in [0.717, 1.165) is 0 Å². The first kappa shape index (κ1) is 25.4. The van der Waals surface area contributed by atoms with Crippen LogP contribution in [0.25, 0.3) is 0 Å². The lowest BCUT2D eigenvalue weighted by Gasteiger charge is -2.51. The summed E-state index contributed by atoms with van der Waals surface area (Å²) in [5, 5.41) is 46.7. The van der Waals surface area contributed by atoms with Gasteiger partial charge in [-0.3, -0.25) is 9.59 Å². The monoisotopic (exact) mass is 478 g/mol. The van der Waals surface area contributed by atoms with Crippen LogP contribution in [0.5, 0.6) is 0 Å². The zero-order chi connectivity index (χ0) is 25.4. The number of aliphatic hydroxyl groups excluding tert-OH is 3. The molecule has 4 rings (SSSR count). The van der Waals surface area contributed by atoms with Gasteiger partial charge in [0.2, 0.25) is 0 Å². The van der Waals surface area contributed by atoms with E-state index in [2.05, 4.69) is 0 Å². The van der Waals surface area contributed by atoms with Crippen molar-refractivity contribution in [3.05, 3.63) is 23.3 Å². The number of rotatable bonds is 5. The summed E-state index contributed by atoms with van der Waals surface area (Å²) in [6.45, 7) is 10.4. The summed E-state index contributed by atoms with van der Waals surface area (Å²) in [4.78, 5) is 24.2. The topological polar surface area (TPSA) is 134 Å². The van der Waals surface area contributed by atoms with E-state index >= 15 is 0 Å². The Bertz CT molecular complexity index is 952. The van der Waals surface area contributed by atoms with Crippen LogP contribution in [0.1, 0.15) is 60.8 Å². The van der Waals surface area contributed by atoms with Crippen molar-refractivity contribution >= 4 is 11.9 Å². The summed E-state index contributed by atoms with van der Waals surface area (Å²) < 4.78 is 11.3. The standard InChI is InChI=1S/C26H38O8/c1-7-8-18(28)33-12-16-9-17-19-23(5,6)25(19,34-15(4)27)11-14(3)24(22(17)31)10-13(2)20(29)26(24,32)21(16)30/h9-10,14,17,19-22,29-32H,7-8,11-12H2,1-6H3/t14-,17+,19-,20+,21-,22?,24+,25+,26-/m1/s1. The van der Waals surface area contributed by atoms with E-state index in [9.17, 15) is 30.0 Å². The van der Waals surface area contributed by atoms with Crippen LogP contribution >= 0.6 is 0 Å². The van der Waals surface area contributed by atoms with Gasteiger partial charge in [-0.25, -0.2) is 0 Å². The lowest BCUT2D eigenvalue weighted by molar-refractivity contribution is -0.217. The average Bonchev–Trinajstić information content (AvgIpc) is 3.15. The second-order valence-corrected chi connectivity index (χ2v) is 11.4. The molecule has 9 atom stereocenters. The van der Waals surface area contributed by atoms with Crippen molar-refractivity contribution in [1.29, 1.82) is 0 Å². The van der Waals surface area contributed by atoms with Gasteiger partial charge in [0.1, 0.15) is 30.0 Å². The van der Waals surface area contributed by atoms with Gasteiger partial charge in [0.05, 0.1) is 11.5 Å². The summed E-state index contributed by atoms with van der Waals surface area (Å²) >= 11 is 0. The Morgan fingerprint density at radius 3 is 2.41 bits per heavy atom. The maximum absolute atomic E-state index is 12.1. The third-order valence-corrected chi connectivity index (χ3v) is 9.31. The number of esters is 2. The summed E-state index contributed by atoms with van der Waals surface area (Å²) in [5.41, 5.74) is -4.20. The number of carbonyl (C=O) groups excluding carboxylic acids is 2. The van der Waals surface area contributed by atoms with E-state index < -0.39 is 64.1 Å². The Labute approximate surface area is 200 Å². The minimum absolute atomic E-state index is 0.217. The number of hydrogen-bond acceptors (Lipinski definition) is 8. The summed E-state index contributed by atoms with van der Waals surface area (Å²) in [6, 6.07) is 0. The van der Waals surface area contributed by atoms with E-state index in [1.54, 1.807) is 19.1 Å². The molecule has 2 bridgehead atoms. The van der Waals surface area contributed by atoms with Crippen LogP contribution < -0.4 is 0 Å². The quantitative estimate of drug-likeness (QED) is 0.346. The molecule has 8 nitrogen and oxygen atoms in total. The molecule has 190 valence electrons. The molecule has 0 heterocycles. The molecule has 8 heteroatoms. The second kappa shape index (κ2) is 7.88. The summed E-state index contributed by atoms with van der Waals surface area (Å²) in [5.74, 6) is -2.22. The fraction of sp³-hybridized carbons (Fsp3) is 0.769. The molecule has 1 spiro atoms. The zero-order valence-corrected chi connectivity index (χ0v) is 20.9. The van der Waals surface area contributed by atoms with Crippen molar-refractivity contribution in [3.8, 4) is 0 Å². The fourth-order valence-electron chi connectivity index (χ4n) is 7.72. The first-order valence-electron chi connectivity index (χ1n) is 12.2. The van der Waals surface area contributed by atoms with Crippen molar-refractivity contribution in [1.82, 2.24) is 0 Å². The predicted molar refractivity (Wildman–Crippen MR) is 122 cm³/mol. The lowest BCUT2D eigenvalue weighted by atomic mass is 9.58. The molecule has 4 aliphatic carbocycles. The highest BCUT2D eigenvalue weighted by atomic mass is 16.6. The Kier molecular flexibility index (Phi) is 5.88. The molecule has 0 amide bonds. The highest BCUT2D eigenvalue weighted by Gasteiger charge is 2.82. The Hall–Kier alpha value is -1.74. The Morgan fingerprint density at radius 2 is 1.82 bits per heavy atom. The normalized spacial score (nSPS) is 46.2. The number of carbonyl (C=O) groups is 2. The van der Waals surface area contributed by atoms with Gasteiger partial charge >= 0.3 is 11.9 Å². The van der Waals surface area contributed by atoms with E-state index in [-0.39, 0.29) is 24.5 Å². The van der Waals surface area contributed by atoms with Gasteiger partial charge in [-0.15, -0.1) is 0 Å². The number of fused-ring (bicyclic) bond motifs is 3. The molecule has 34 heavy (non-hydrogen) atoms. The Balaban J connectivity index is 1.89. The largest absolute Gasteiger partial charge is 0.461 e. The van der Waals surface area contributed by atoms with E-state index in [0.29, 0.717) is 18.4 Å². The SMILES string of the molecule is CCCC(=O)OCC1=C[C@@H]2C(O)[C@]3(C=C(C)[C@H](O)[C@@]3(O)[C@@H]1O)[C@H](C)C[C@]1(OC(C)=O)[C@H]2C1(C)C. The molecule has 2 saturated carbocycles. The van der Waals surface area contributed by atoms with E-state index in [4.69, 9.17) is 9.47 Å². The highest BCUT2D eigenvalue weighted by Crippen LogP contribution is 2.76. The third-order valence-electron chi connectivity index (χ3n) is 9.31. The van der Waals surface area contributed by atoms with Crippen LogP contribution in [0, 0.1) is 28.6 Å². The molecule has 1 unspecified atom stereocenters. The van der Waals surface area contributed by atoms with Crippen LogP contribution in [0.15, 0.2) is 23.3 Å². The van der Waals surface area contributed by atoms with Crippen molar-refractivity contribution < 1.29 is 39.5 Å². The molecule has 0 radical (unpaired) electrons. The molecule has 0 aromatic rings. The van der Waals surface area contributed by atoms with Gasteiger partial charge in [0, 0.05) is 30.6 Å². The summed E-state index contributed by atoms with van der Waals surface area (Å²) in [6.07, 6.45) is 0.376. The van der Waals surface area contributed by atoms with E-state index in [1.807, 2.05) is 27.7 Å². The molecule has 4 aliphatic rings. The molecule has 0 aromatic carbocycles. The molecule has 4 N–H and O–H groups in total. The third kappa shape index (κ3) is 2.98. The van der Waals surface area contributed by atoms with Crippen LogP contribution in [-0.4, -0.2) is 68.5 Å². The van der Waals surface area contributed by atoms with Gasteiger partial charge in [-0.1, -0.05) is 39.8 Å². The van der Waals surface area contributed by atoms with Gasteiger partial charge in [0.15, 0.2) is 0 Å². The number of ether oxygens (including phenoxy) is 2. The maximum Gasteiger partial charge on any atom is 0.306 e. The first-order valence-corrected chi connectivity index (χ1v) is 12.2. The predicted octanol–water partition coefficient (Wildman–Crippen LogP) is 1.64. The summed E-state index contributed by atoms with van der Waals surface area (Å²) in [7, 11) is 0. The van der Waals surface area contributed by atoms with Crippen LogP contribution in [0.4, 0.5) is 0 Å². The molecule has 0 saturated heterocycles. The molecule has 0 aliphatic heterocycles. The Morgan fingerprint density at radius 1 is 1.18 bits per heavy atom. The molecular formula is C26H38O8. The molecular weight excluding hydrogens is 440 g/mol. The molecule has 2 fully saturated rings. The minimum atomic E-state index is -2.15. The lowest BCUT2D eigenvalue weighted by Crippen LogP contribution is -2.66. The van der Waals surface area contributed by atoms with Gasteiger partial charge in [-0.2, -0.15) is 0 Å². The highest BCUT2D eigenvalue weighted by molar-refractivity contribution is 5.69. The van der Waals surface area contributed by atoms with Crippen molar-refractivity contribution in [3.63, 3.8) is 0 Å². The van der Waals surface area contributed by atoms with E-state index in [1.165, 1.54) is 6.92 Å². The van der Waals surface area contributed by atoms with Gasteiger partial charge in [0.25, 0.3) is 0 Å². The van der Waals surface area contributed by atoms with Crippen molar-refractivity contribution in [2.24, 2.45) is 28.6 Å². The second-order valence-electron chi connectivity index (χ2n) is 11.4. The number of hydrogen-bond donors (Lipinski definition) is 4. The maximum atomic E-state index is 12.1. The minimum Gasteiger partial charge on any atom is -0.461 e. The number of aliphatic hydroxyl groups is 4. The van der Waals surface area contributed by atoms with Crippen molar-refractivity contribution in [2.45, 2.75) is 90.3 Å². The van der Waals surface area contributed by atoms with Gasteiger partial charge < -0.3 is 29.9 Å². The first-order chi connectivity index (χ1) is 15.7. The van der Waals surface area contributed by atoms with Crippen LogP contribution in [0.3, 0.4) is 0 Å². The zero-order valence-electron chi connectivity index (χ0n) is 20.9. The van der Waals surface area contributed by atoms with Crippen LogP contribution in [0.2, 0.25) is 0 Å². The van der Waals surface area contributed by atoms with Gasteiger partial charge in [-0.05, 0) is 36.8 Å². The van der Waals surface area contributed by atoms with Crippen LogP contribution in [-0.2, 0) is 19.1 Å². The molecule has 0 aromatic heterocycles. The average molecular weight is 479 g/mol.